The molecule has 3 rings (SSSR count). The third kappa shape index (κ3) is 2.34. The minimum Gasteiger partial charge on any atom is -0.396 e. The maximum atomic E-state index is 13.0. The number of amides is 1. The molecule has 0 saturated heterocycles. The fraction of sp³-hybridized carbons (Fsp3) is 0.278. The van der Waals surface area contributed by atoms with Crippen LogP contribution in [0.3, 0.4) is 0 Å². The molecule has 1 unspecified atom stereocenters. The molecule has 0 spiro atoms. The van der Waals surface area contributed by atoms with E-state index in [1.54, 1.807) is 0 Å². The Labute approximate surface area is 124 Å². The first-order valence-electron chi connectivity index (χ1n) is 7.24. The van der Waals surface area contributed by atoms with Gasteiger partial charge in [-0.1, -0.05) is 36.4 Å². The van der Waals surface area contributed by atoms with Crippen LogP contribution in [-0.2, 0) is 6.42 Å². The molecular formula is C18H19NO2. The van der Waals surface area contributed by atoms with Crippen LogP contribution in [0.4, 0.5) is 5.69 Å². The highest BCUT2D eigenvalue weighted by molar-refractivity contribution is 6.09. The van der Waals surface area contributed by atoms with Gasteiger partial charge in [-0.2, -0.15) is 0 Å². The van der Waals surface area contributed by atoms with Crippen LogP contribution in [0.5, 0.6) is 0 Å². The van der Waals surface area contributed by atoms with Crippen molar-refractivity contribution in [1.82, 2.24) is 0 Å². The van der Waals surface area contributed by atoms with Crippen molar-refractivity contribution in [2.45, 2.75) is 25.3 Å². The Balaban J connectivity index is 2.13. The van der Waals surface area contributed by atoms with E-state index in [0.717, 1.165) is 23.2 Å². The SMILES string of the molecule is CC1(CCO)Cc2ccccc2C(=O)N1c1ccccc1. The van der Waals surface area contributed by atoms with Gasteiger partial charge < -0.3 is 10.0 Å². The van der Waals surface area contributed by atoms with Crippen molar-refractivity contribution >= 4 is 11.6 Å². The van der Waals surface area contributed by atoms with Crippen LogP contribution in [0.15, 0.2) is 54.6 Å². The number of carbonyl (C=O) groups is 1. The zero-order chi connectivity index (χ0) is 14.9. The summed E-state index contributed by atoms with van der Waals surface area (Å²) in [6, 6.07) is 17.4. The normalized spacial score (nSPS) is 21.2. The fourth-order valence-electron chi connectivity index (χ4n) is 3.19. The predicted octanol–water partition coefficient (Wildman–Crippen LogP) is 3.03. The molecule has 21 heavy (non-hydrogen) atoms. The standard InChI is InChI=1S/C18H19NO2/c1-18(11-12-20)13-14-7-5-6-10-16(14)17(21)19(18)15-8-3-2-4-9-15/h2-10,20H,11-13H2,1H3. The van der Waals surface area contributed by atoms with E-state index in [1.165, 1.54) is 0 Å². The van der Waals surface area contributed by atoms with Gasteiger partial charge in [0.25, 0.3) is 5.91 Å². The quantitative estimate of drug-likeness (QED) is 0.939. The van der Waals surface area contributed by atoms with Crippen LogP contribution < -0.4 is 4.90 Å². The zero-order valence-corrected chi connectivity index (χ0v) is 12.1. The van der Waals surface area contributed by atoms with Gasteiger partial charge in [-0.15, -0.1) is 0 Å². The maximum absolute atomic E-state index is 13.0. The van der Waals surface area contributed by atoms with Gasteiger partial charge in [0, 0.05) is 17.9 Å². The van der Waals surface area contributed by atoms with E-state index in [1.807, 2.05) is 66.4 Å². The number of fused-ring (bicyclic) bond motifs is 1. The molecule has 1 aliphatic rings. The van der Waals surface area contributed by atoms with Crippen molar-refractivity contribution in [2.24, 2.45) is 0 Å². The van der Waals surface area contributed by atoms with Gasteiger partial charge in [-0.25, -0.2) is 0 Å². The van der Waals surface area contributed by atoms with E-state index >= 15 is 0 Å². The number of hydrogen-bond donors (Lipinski definition) is 1. The lowest BCUT2D eigenvalue weighted by Gasteiger charge is -2.45. The van der Waals surface area contributed by atoms with E-state index in [2.05, 4.69) is 0 Å². The van der Waals surface area contributed by atoms with Crippen molar-refractivity contribution in [3.05, 3.63) is 65.7 Å². The molecule has 1 aliphatic heterocycles. The van der Waals surface area contributed by atoms with E-state index in [4.69, 9.17) is 0 Å². The number of hydrogen-bond acceptors (Lipinski definition) is 2. The number of aliphatic hydroxyl groups is 1. The summed E-state index contributed by atoms with van der Waals surface area (Å²) in [5.41, 5.74) is 2.30. The van der Waals surface area contributed by atoms with Crippen LogP contribution in [0, 0.1) is 0 Å². The summed E-state index contributed by atoms with van der Waals surface area (Å²) in [6.45, 7) is 2.11. The van der Waals surface area contributed by atoms with Crippen molar-refractivity contribution < 1.29 is 9.90 Å². The first kappa shape index (κ1) is 13.8. The smallest absolute Gasteiger partial charge is 0.259 e. The largest absolute Gasteiger partial charge is 0.396 e. The van der Waals surface area contributed by atoms with Gasteiger partial charge in [0.2, 0.25) is 0 Å². The Bertz CT molecular complexity index is 653. The van der Waals surface area contributed by atoms with Crippen molar-refractivity contribution in [1.29, 1.82) is 0 Å². The molecule has 0 saturated carbocycles. The zero-order valence-electron chi connectivity index (χ0n) is 12.1. The number of nitrogens with zero attached hydrogens (tertiary/aromatic N) is 1. The molecule has 0 aromatic heterocycles. The van der Waals surface area contributed by atoms with Crippen LogP contribution in [-0.4, -0.2) is 23.2 Å². The topological polar surface area (TPSA) is 40.5 Å². The van der Waals surface area contributed by atoms with Gasteiger partial charge >= 0.3 is 0 Å². The summed E-state index contributed by atoms with van der Waals surface area (Å²) < 4.78 is 0. The molecule has 0 bridgehead atoms. The second-order valence-electron chi connectivity index (χ2n) is 5.78. The molecule has 1 heterocycles. The summed E-state index contributed by atoms with van der Waals surface area (Å²) in [5.74, 6) is 0.0130. The molecule has 1 amide bonds. The molecule has 0 radical (unpaired) electrons. The van der Waals surface area contributed by atoms with E-state index < -0.39 is 5.54 Å². The maximum Gasteiger partial charge on any atom is 0.259 e. The van der Waals surface area contributed by atoms with E-state index in [0.29, 0.717) is 6.42 Å². The summed E-state index contributed by atoms with van der Waals surface area (Å²) in [5, 5.41) is 9.44. The average molecular weight is 281 g/mol. The number of benzene rings is 2. The summed E-state index contributed by atoms with van der Waals surface area (Å²) >= 11 is 0. The number of anilines is 1. The van der Waals surface area contributed by atoms with Crippen molar-refractivity contribution in [3.63, 3.8) is 0 Å². The van der Waals surface area contributed by atoms with Gasteiger partial charge in [0.15, 0.2) is 0 Å². The second kappa shape index (κ2) is 5.34. The Morgan fingerprint density at radius 3 is 2.48 bits per heavy atom. The lowest BCUT2D eigenvalue weighted by Crippen LogP contribution is -2.55. The third-order valence-electron chi connectivity index (χ3n) is 4.23. The molecule has 3 heteroatoms. The van der Waals surface area contributed by atoms with Crippen LogP contribution >= 0.6 is 0 Å². The average Bonchev–Trinajstić information content (AvgIpc) is 2.48. The highest BCUT2D eigenvalue weighted by Crippen LogP contribution is 2.36. The molecule has 108 valence electrons. The molecule has 2 aromatic carbocycles. The summed E-state index contributed by atoms with van der Waals surface area (Å²) in [7, 11) is 0. The van der Waals surface area contributed by atoms with Crippen LogP contribution in [0.1, 0.15) is 29.3 Å². The summed E-state index contributed by atoms with van der Waals surface area (Å²) in [6.07, 6.45) is 1.31. The molecular weight excluding hydrogens is 262 g/mol. The van der Waals surface area contributed by atoms with E-state index in [9.17, 15) is 9.90 Å². The molecule has 3 nitrogen and oxygen atoms in total. The van der Waals surface area contributed by atoms with Gasteiger partial charge in [0.05, 0.1) is 5.54 Å². The first-order valence-corrected chi connectivity index (χ1v) is 7.24. The lowest BCUT2D eigenvalue weighted by atomic mass is 9.81. The fourth-order valence-corrected chi connectivity index (χ4v) is 3.19. The number of carbonyl (C=O) groups excluding carboxylic acids is 1. The number of para-hydroxylation sites is 1. The lowest BCUT2D eigenvalue weighted by molar-refractivity contribution is 0.0932. The Morgan fingerprint density at radius 1 is 1.10 bits per heavy atom. The van der Waals surface area contributed by atoms with Gasteiger partial charge in [-0.05, 0) is 43.5 Å². The predicted molar refractivity (Wildman–Crippen MR) is 83.5 cm³/mol. The Kier molecular flexibility index (Phi) is 3.52. The minimum absolute atomic E-state index is 0.0130. The Morgan fingerprint density at radius 2 is 1.76 bits per heavy atom. The number of aliphatic hydroxyl groups excluding tert-OH is 1. The summed E-state index contributed by atoms with van der Waals surface area (Å²) in [4.78, 5) is 14.8. The van der Waals surface area contributed by atoms with Crippen molar-refractivity contribution in [2.75, 3.05) is 11.5 Å². The molecule has 0 aliphatic carbocycles. The van der Waals surface area contributed by atoms with Gasteiger partial charge in [0.1, 0.15) is 0 Å². The Hall–Kier alpha value is -2.13. The second-order valence-corrected chi connectivity index (χ2v) is 5.78. The van der Waals surface area contributed by atoms with Crippen molar-refractivity contribution in [3.8, 4) is 0 Å². The molecule has 1 N–H and O–H groups in total. The minimum atomic E-state index is -0.401. The molecule has 2 aromatic rings. The molecule has 0 fully saturated rings. The third-order valence-corrected chi connectivity index (χ3v) is 4.23. The van der Waals surface area contributed by atoms with Crippen LogP contribution in [0.25, 0.3) is 0 Å². The van der Waals surface area contributed by atoms with Gasteiger partial charge in [-0.3, -0.25) is 4.79 Å². The van der Waals surface area contributed by atoms with E-state index in [-0.39, 0.29) is 12.5 Å². The highest BCUT2D eigenvalue weighted by atomic mass is 16.3. The first-order chi connectivity index (χ1) is 10.2. The van der Waals surface area contributed by atoms with Crippen LogP contribution in [0.2, 0.25) is 0 Å². The number of rotatable bonds is 3. The molecule has 1 atom stereocenters. The highest BCUT2D eigenvalue weighted by Gasteiger charge is 2.41. The monoisotopic (exact) mass is 281 g/mol.